The maximum absolute atomic E-state index is 5.90. The number of fused-ring (bicyclic) bond motifs is 1. The van der Waals surface area contributed by atoms with Gasteiger partial charge in [-0.15, -0.1) is 11.3 Å². The van der Waals surface area contributed by atoms with Crippen molar-refractivity contribution in [1.82, 2.24) is 0 Å². The van der Waals surface area contributed by atoms with Gasteiger partial charge in [-0.25, -0.2) is 0 Å². The van der Waals surface area contributed by atoms with Gasteiger partial charge < -0.3 is 4.74 Å². The van der Waals surface area contributed by atoms with E-state index in [9.17, 15) is 0 Å². The minimum Gasteiger partial charge on any atom is -0.456 e. The van der Waals surface area contributed by atoms with E-state index in [0.29, 0.717) is 0 Å². The Balaban J connectivity index is 1.97. The lowest BCUT2D eigenvalue weighted by atomic mass is 10.2. The number of thiophene rings is 1. The lowest BCUT2D eigenvalue weighted by Crippen LogP contribution is -1.82. The minimum atomic E-state index is 0.888. The van der Waals surface area contributed by atoms with Crippen molar-refractivity contribution in [2.45, 2.75) is 6.92 Å². The van der Waals surface area contributed by atoms with E-state index >= 15 is 0 Å². The van der Waals surface area contributed by atoms with Crippen LogP contribution in [0.15, 0.2) is 53.9 Å². The molecule has 0 N–H and O–H groups in total. The zero-order valence-corrected chi connectivity index (χ0v) is 10.3. The second-order valence-electron chi connectivity index (χ2n) is 4.01. The number of hydrogen-bond donors (Lipinski definition) is 0. The molecule has 0 saturated heterocycles. The van der Waals surface area contributed by atoms with Crippen molar-refractivity contribution in [2.24, 2.45) is 0 Å². The Morgan fingerprint density at radius 1 is 0.941 bits per heavy atom. The molecular weight excluding hydrogens is 228 g/mol. The maximum atomic E-state index is 5.90. The average Bonchev–Trinajstić information content (AvgIpc) is 2.76. The van der Waals surface area contributed by atoms with Crippen LogP contribution in [0.3, 0.4) is 0 Å². The van der Waals surface area contributed by atoms with Gasteiger partial charge in [-0.1, -0.05) is 29.8 Å². The summed E-state index contributed by atoms with van der Waals surface area (Å²) < 4.78 is 7.16. The third-order valence-corrected chi connectivity index (χ3v) is 3.64. The Hall–Kier alpha value is -1.80. The highest BCUT2D eigenvalue weighted by atomic mass is 32.1. The van der Waals surface area contributed by atoms with Gasteiger partial charge in [0.2, 0.25) is 0 Å². The molecule has 0 aliphatic heterocycles. The van der Waals surface area contributed by atoms with Gasteiger partial charge in [0.1, 0.15) is 11.5 Å². The maximum Gasteiger partial charge on any atom is 0.145 e. The summed E-state index contributed by atoms with van der Waals surface area (Å²) in [7, 11) is 0. The highest BCUT2D eigenvalue weighted by molar-refractivity contribution is 7.17. The number of rotatable bonds is 2. The largest absolute Gasteiger partial charge is 0.456 e. The van der Waals surface area contributed by atoms with Gasteiger partial charge in [-0.3, -0.25) is 0 Å². The first-order chi connectivity index (χ1) is 8.33. The van der Waals surface area contributed by atoms with Gasteiger partial charge in [0.25, 0.3) is 0 Å². The van der Waals surface area contributed by atoms with Gasteiger partial charge in [0, 0.05) is 15.5 Å². The van der Waals surface area contributed by atoms with E-state index in [1.165, 1.54) is 15.6 Å². The Bertz CT molecular complexity index is 637. The molecule has 1 nitrogen and oxygen atoms in total. The minimum absolute atomic E-state index is 0.888. The normalized spacial score (nSPS) is 10.6. The fraction of sp³-hybridized carbons (Fsp3) is 0.0667. The molecule has 84 valence electrons. The third-order valence-electron chi connectivity index (χ3n) is 2.69. The van der Waals surface area contributed by atoms with Crippen molar-refractivity contribution in [1.29, 1.82) is 0 Å². The van der Waals surface area contributed by atoms with Crippen molar-refractivity contribution in [3.05, 3.63) is 59.5 Å². The Labute approximate surface area is 104 Å². The van der Waals surface area contributed by atoms with Crippen molar-refractivity contribution in [3.8, 4) is 11.5 Å². The topological polar surface area (TPSA) is 9.23 Å². The highest BCUT2D eigenvalue weighted by Crippen LogP contribution is 2.34. The van der Waals surface area contributed by atoms with Crippen LogP contribution in [0.5, 0.6) is 11.5 Å². The quantitative estimate of drug-likeness (QED) is 0.612. The van der Waals surface area contributed by atoms with Gasteiger partial charge in [0.15, 0.2) is 0 Å². The second kappa shape index (κ2) is 4.22. The van der Waals surface area contributed by atoms with Gasteiger partial charge >= 0.3 is 0 Å². The smallest absolute Gasteiger partial charge is 0.145 e. The summed E-state index contributed by atoms with van der Waals surface area (Å²) in [4.78, 5) is 0. The van der Waals surface area contributed by atoms with E-state index in [1.807, 2.05) is 18.2 Å². The highest BCUT2D eigenvalue weighted by Gasteiger charge is 2.04. The Morgan fingerprint density at radius 3 is 2.53 bits per heavy atom. The number of ether oxygens (including phenoxy) is 1. The molecule has 0 bridgehead atoms. The molecular formula is C15H12OS. The van der Waals surface area contributed by atoms with E-state index in [1.54, 1.807) is 11.3 Å². The lowest BCUT2D eigenvalue weighted by molar-refractivity contribution is 0.490. The molecule has 3 aromatic rings. The molecule has 0 atom stereocenters. The van der Waals surface area contributed by atoms with Crippen molar-refractivity contribution >= 4 is 21.4 Å². The Morgan fingerprint density at radius 2 is 1.71 bits per heavy atom. The van der Waals surface area contributed by atoms with Crippen molar-refractivity contribution in [3.63, 3.8) is 0 Å². The first-order valence-electron chi connectivity index (χ1n) is 5.54. The standard InChI is InChI=1S/C15H12OS/c1-11-6-8-12(9-7-11)16-14-10-17-15-5-3-2-4-13(14)15/h2-10H,1H3. The van der Waals surface area contributed by atoms with Crippen LogP contribution < -0.4 is 4.74 Å². The molecule has 0 aliphatic carbocycles. The first-order valence-corrected chi connectivity index (χ1v) is 6.42. The van der Waals surface area contributed by atoms with Crippen LogP contribution in [0, 0.1) is 6.92 Å². The molecule has 2 heteroatoms. The molecule has 0 radical (unpaired) electrons. The molecule has 1 heterocycles. The van der Waals surface area contributed by atoms with E-state index in [2.05, 4.69) is 42.6 Å². The zero-order chi connectivity index (χ0) is 11.7. The fourth-order valence-corrected chi connectivity index (χ4v) is 2.63. The number of hydrogen-bond acceptors (Lipinski definition) is 2. The number of benzene rings is 2. The van der Waals surface area contributed by atoms with Gasteiger partial charge in [-0.2, -0.15) is 0 Å². The van der Waals surface area contributed by atoms with Crippen molar-refractivity contribution < 1.29 is 4.74 Å². The predicted octanol–water partition coefficient (Wildman–Crippen LogP) is 5.00. The summed E-state index contributed by atoms with van der Waals surface area (Å²) in [5.74, 6) is 1.83. The molecule has 17 heavy (non-hydrogen) atoms. The first kappa shape index (κ1) is 10.4. The van der Waals surface area contributed by atoms with Crippen LogP contribution in [0.4, 0.5) is 0 Å². The summed E-state index contributed by atoms with van der Waals surface area (Å²) in [5.41, 5.74) is 1.24. The van der Waals surface area contributed by atoms with Crippen LogP contribution in [0.2, 0.25) is 0 Å². The molecule has 3 rings (SSSR count). The molecule has 2 aromatic carbocycles. The van der Waals surface area contributed by atoms with E-state index < -0.39 is 0 Å². The van der Waals surface area contributed by atoms with Crippen LogP contribution in [-0.2, 0) is 0 Å². The SMILES string of the molecule is Cc1ccc(Oc2csc3ccccc23)cc1. The summed E-state index contributed by atoms with van der Waals surface area (Å²) >= 11 is 1.71. The molecule has 0 amide bonds. The average molecular weight is 240 g/mol. The molecule has 0 spiro atoms. The summed E-state index contributed by atoms with van der Waals surface area (Å²) in [5, 5.41) is 3.24. The van der Waals surface area contributed by atoms with Crippen LogP contribution in [-0.4, -0.2) is 0 Å². The van der Waals surface area contributed by atoms with Crippen LogP contribution in [0.1, 0.15) is 5.56 Å². The van der Waals surface area contributed by atoms with Crippen molar-refractivity contribution in [2.75, 3.05) is 0 Å². The van der Waals surface area contributed by atoms with Gasteiger partial charge in [0.05, 0.1) is 0 Å². The van der Waals surface area contributed by atoms with Crippen LogP contribution >= 0.6 is 11.3 Å². The fourth-order valence-electron chi connectivity index (χ4n) is 1.77. The van der Waals surface area contributed by atoms with Crippen LogP contribution in [0.25, 0.3) is 10.1 Å². The van der Waals surface area contributed by atoms with E-state index in [0.717, 1.165) is 11.5 Å². The van der Waals surface area contributed by atoms with E-state index in [4.69, 9.17) is 4.74 Å². The second-order valence-corrected chi connectivity index (χ2v) is 4.92. The molecule has 0 fully saturated rings. The molecule has 0 aliphatic rings. The van der Waals surface area contributed by atoms with E-state index in [-0.39, 0.29) is 0 Å². The molecule has 1 aromatic heterocycles. The molecule has 0 unspecified atom stereocenters. The summed E-state index contributed by atoms with van der Waals surface area (Å²) in [6.07, 6.45) is 0. The predicted molar refractivity (Wildman–Crippen MR) is 73.1 cm³/mol. The third kappa shape index (κ3) is 2.04. The monoisotopic (exact) mass is 240 g/mol. The van der Waals surface area contributed by atoms with Gasteiger partial charge in [-0.05, 0) is 31.2 Å². The zero-order valence-electron chi connectivity index (χ0n) is 9.51. The summed E-state index contributed by atoms with van der Waals surface area (Å²) in [6.45, 7) is 2.07. The lowest BCUT2D eigenvalue weighted by Gasteiger charge is -2.04. The Kier molecular flexibility index (Phi) is 2.57. The number of aryl methyl sites for hydroxylation is 1. The summed E-state index contributed by atoms with van der Waals surface area (Å²) in [6, 6.07) is 16.4. The molecule has 0 saturated carbocycles.